The molecule has 0 unspecified atom stereocenters. The van der Waals surface area contributed by atoms with Gasteiger partial charge in [-0.25, -0.2) is 0 Å². The Morgan fingerprint density at radius 2 is 1.93 bits per heavy atom. The van der Waals surface area contributed by atoms with Gasteiger partial charge >= 0.3 is 0 Å². The van der Waals surface area contributed by atoms with Crippen LogP contribution in [0.2, 0.25) is 0 Å². The second kappa shape index (κ2) is 3.65. The fraction of sp³-hybridized carbons (Fsp3) is 0.182. The van der Waals surface area contributed by atoms with E-state index in [9.17, 15) is 0 Å². The summed E-state index contributed by atoms with van der Waals surface area (Å²) in [5.41, 5.74) is 7.44. The van der Waals surface area contributed by atoms with Crippen LogP contribution in [0, 0.1) is 6.92 Å². The quantitative estimate of drug-likeness (QED) is 0.813. The van der Waals surface area contributed by atoms with Gasteiger partial charge in [0.15, 0.2) is 0 Å². The van der Waals surface area contributed by atoms with Gasteiger partial charge in [0.25, 0.3) is 5.88 Å². The summed E-state index contributed by atoms with van der Waals surface area (Å²) in [4.78, 5) is 0. The lowest BCUT2D eigenvalue weighted by Crippen LogP contribution is -1.90. The predicted octanol–water partition coefficient (Wildman–Crippen LogP) is 2.10. The number of hydrogen-bond donors (Lipinski definition) is 1. The van der Waals surface area contributed by atoms with Crippen molar-refractivity contribution in [2.24, 2.45) is 7.05 Å². The number of aryl methyl sites for hydroxylation is 2. The molecule has 0 spiro atoms. The number of nitrogens with two attached hydrogens (primary N) is 1. The molecule has 0 bridgehead atoms. The fourth-order valence-electron chi connectivity index (χ4n) is 1.28. The lowest BCUT2D eigenvalue weighted by atomic mass is 10.2. The molecule has 1 aromatic heterocycles. The third kappa shape index (κ3) is 2.10. The average Bonchev–Trinajstić information content (AvgIpc) is 2.49. The summed E-state index contributed by atoms with van der Waals surface area (Å²) in [5.74, 6) is 1.19. The second-order valence-corrected chi connectivity index (χ2v) is 3.48. The van der Waals surface area contributed by atoms with Crippen molar-refractivity contribution < 1.29 is 4.74 Å². The minimum Gasteiger partial charge on any atom is -0.436 e. The van der Waals surface area contributed by atoms with Crippen LogP contribution in [-0.2, 0) is 7.05 Å². The molecule has 0 amide bonds. The maximum Gasteiger partial charge on any atom is 0.261 e. The first kappa shape index (κ1) is 9.58. The molecule has 1 aromatic carbocycles. The topological polar surface area (TPSA) is 53.1 Å². The van der Waals surface area contributed by atoms with Crippen LogP contribution in [0.5, 0.6) is 11.6 Å². The molecule has 4 heteroatoms. The molecular weight excluding hydrogens is 190 g/mol. The normalized spacial score (nSPS) is 10.3. The van der Waals surface area contributed by atoms with E-state index in [0.29, 0.717) is 11.6 Å². The Morgan fingerprint density at radius 3 is 2.47 bits per heavy atom. The Balaban J connectivity index is 2.21. The minimum absolute atomic E-state index is 0.446. The molecule has 2 aromatic rings. The zero-order valence-electron chi connectivity index (χ0n) is 8.77. The summed E-state index contributed by atoms with van der Waals surface area (Å²) in [6, 6.07) is 7.75. The van der Waals surface area contributed by atoms with Crippen molar-refractivity contribution in [3.63, 3.8) is 0 Å². The zero-order chi connectivity index (χ0) is 10.8. The summed E-state index contributed by atoms with van der Waals surface area (Å²) in [6.07, 6.45) is 1.71. The Morgan fingerprint density at radius 1 is 1.27 bits per heavy atom. The number of nitrogens with zero attached hydrogens (tertiary/aromatic N) is 2. The van der Waals surface area contributed by atoms with E-state index in [2.05, 4.69) is 5.10 Å². The highest BCUT2D eigenvalue weighted by Crippen LogP contribution is 2.24. The van der Waals surface area contributed by atoms with Crippen LogP contribution in [0.25, 0.3) is 0 Å². The average molecular weight is 203 g/mol. The van der Waals surface area contributed by atoms with Crippen molar-refractivity contribution >= 4 is 5.69 Å². The standard InChI is InChI=1S/C11H13N3O/c1-8-3-5-9(6-4-8)15-11-10(12)7-14(2)13-11/h3-7H,12H2,1-2H3. The molecule has 0 atom stereocenters. The van der Waals surface area contributed by atoms with Gasteiger partial charge in [0.05, 0.1) is 6.20 Å². The monoisotopic (exact) mass is 203 g/mol. The van der Waals surface area contributed by atoms with Gasteiger partial charge in [-0.2, -0.15) is 0 Å². The first-order valence-electron chi connectivity index (χ1n) is 4.69. The number of rotatable bonds is 2. The second-order valence-electron chi connectivity index (χ2n) is 3.48. The number of ether oxygens (including phenoxy) is 1. The maximum absolute atomic E-state index is 5.71. The number of nitrogen functional groups attached to an aromatic ring is 1. The van der Waals surface area contributed by atoms with E-state index < -0.39 is 0 Å². The molecule has 78 valence electrons. The molecular formula is C11H13N3O. The lowest BCUT2D eigenvalue weighted by molar-refractivity contribution is 0.456. The van der Waals surface area contributed by atoms with Crippen molar-refractivity contribution in [2.45, 2.75) is 6.92 Å². The van der Waals surface area contributed by atoms with Crippen LogP contribution in [0.15, 0.2) is 30.5 Å². The van der Waals surface area contributed by atoms with E-state index in [0.717, 1.165) is 5.75 Å². The molecule has 0 aliphatic rings. The first-order valence-corrected chi connectivity index (χ1v) is 4.69. The van der Waals surface area contributed by atoms with Crippen molar-refractivity contribution in [2.75, 3.05) is 5.73 Å². The number of anilines is 1. The molecule has 0 radical (unpaired) electrons. The van der Waals surface area contributed by atoms with Gasteiger partial charge in [-0.05, 0) is 19.1 Å². The summed E-state index contributed by atoms with van der Waals surface area (Å²) in [6.45, 7) is 2.03. The molecule has 1 heterocycles. The Kier molecular flexibility index (Phi) is 2.33. The Hall–Kier alpha value is -1.97. The molecule has 2 N–H and O–H groups in total. The molecule has 0 saturated heterocycles. The van der Waals surface area contributed by atoms with Gasteiger partial charge in [0.2, 0.25) is 0 Å². The highest BCUT2D eigenvalue weighted by molar-refractivity contribution is 5.47. The summed E-state index contributed by atoms with van der Waals surface area (Å²) in [5, 5.41) is 4.10. The van der Waals surface area contributed by atoms with E-state index in [1.54, 1.807) is 17.9 Å². The van der Waals surface area contributed by atoms with E-state index in [1.807, 2.05) is 31.2 Å². The number of benzene rings is 1. The minimum atomic E-state index is 0.446. The van der Waals surface area contributed by atoms with E-state index in [-0.39, 0.29) is 0 Å². The number of hydrogen-bond acceptors (Lipinski definition) is 3. The van der Waals surface area contributed by atoms with Gasteiger partial charge in [-0.15, -0.1) is 5.10 Å². The van der Waals surface area contributed by atoms with E-state index in [4.69, 9.17) is 10.5 Å². The van der Waals surface area contributed by atoms with Gasteiger partial charge < -0.3 is 10.5 Å². The molecule has 0 aliphatic carbocycles. The Labute approximate surface area is 88.3 Å². The Bertz CT molecular complexity index is 459. The molecule has 0 aliphatic heterocycles. The molecule has 4 nitrogen and oxygen atoms in total. The predicted molar refractivity (Wildman–Crippen MR) is 58.9 cm³/mol. The molecule has 15 heavy (non-hydrogen) atoms. The van der Waals surface area contributed by atoms with Crippen LogP contribution < -0.4 is 10.5 Å². The fourth-order valence-corrected chi connectivity index (χ4v) is 1.28. The van der Waals surface area contributed by atoms with E-state index >= 15 is 0 Å². The van der Waals surface area contributed by atoms with Crippen LogP contribution in [0.3, 0.4) is 0 Å². The molecule has 2 rings (SSSR count). The van der Waals surface area contributed by atoms with Gasteiger partial charge in [-0.1, -0.05) is 17.7 Å². The SMILES string of the molecule is Cc1ccc(Oc2nn(C)cc2N)cc1. The highest BCUT2D eigenvalue weighted by atomic mass is 16.5. The summed E-state index contributed by atoms with van der Waals surface area (Å²) < 4.78 is 7.15. The smallest absolute Gasteiger partial charge is 0.261 e. The number of aromatic nitrogens is 2. The van der Waals surface area contributed by atoms with Crippen LogP contribution in [-0.4, -0.2) is 9.78 Å². The van der Waals surface area contributed by atoms with Crippen molar-refractivity contribution in [1.82, 2.24) is 9.78 Å². The van der Waals surface area contributed by atoms with Crippen molar-refractivity contribution in [3.05, 3.63) is 36.0 Å². The lowest BCUT2D eigenvalue weighted by Gasteiger charge is -2.02. The van der Waals surface area contributed by atoms with Gasteiger partial charge in [0.1, 0.15) is 11.4 Å². The van der Waals surface area contributed by atoms with Crippen LogP contribution >= 0.6 is 0 Å². The van der Waals surface area contributed by atoms with Crippen molar-refractivity contribution in [3.8, 4) is 11.6 Å². The maximum atomic E-state index is 5.71. The molecule has 0 saturated carbocycles. The highest BCUT2D eigenvalue weighted by Gasteiger charge is 2.05. The summed E-state index contributed by atoms with van der Waals surface area (Å²) >= 11 is 0. The van der Waals surface area contributed by atoms with Gasteiger partial charge in [0, 0.05) is 7.05 Å². The first-order chi connectivity index (χ1) is 7.15. The van der Waals surface area contributed by atoms with Crippen molar-refractivity contribution in [1.29, 1.82) is 0 Å². The molecule has 0 fully saturated rings. The third-order valence-electron chi connectivity index (χ3n) is 2.06. The summed E-state index contributed by atoms with van der Waals surface area (Å²) in [7, 11) is 1.80. The van der Waals surface area contributed by atoms with Gasteiger partial charge in [-0.3, -0.25) is 4.68 Å². The van der Waals surface area contributed by atoms with Crippen LogP contribution in [0.4, 0.5) is 5.69 Å². The van der Waals surface area contributed by atoms with Crippen LogP contribution in [0.1, 0.15) is 5.56 Å². The zero-order valence-corrected chi connectivity index (χ0v) is 8.77. The third-order valence-corrected chi connectivity index (χ3v) is 2.06. The largest absolute Gasteiger partial charge is 0.436 e. The van der Waals surface area contributed by atoms with E-state index in [1.165, 1.54) is 5.56 Å².